The van der Waals surface area contributed by atoms with Crippen LogP contribution in [0.5, 0.6) is 0 Å². The van der Waals surface area contributed by atoms with Crippen molar-refractivity contribution in [1.82, 2.24) is 24.9 Å². The number of pyridine rings is 1. The van der Waals surface area contributed by atoms with Gasteiger partial charge in [0.25, 0.3) is 5.91 Å². The highest BCUT2D eigenvalue weighted by molar-refractivity contribution is 6.29. The summed E-state index contributed by atoms with van der Waals surface area (Å²) < 4.78 is 1.62. The van der Waals surface area contributed by atoms with Crippen molar-refractivity contribution in [3.8, 4) is 0 Å². The van der Waals surface area contributed by atoms with E-state index in [2.05, 4.69) is 38.2 Å². The van der Waals surface area contributed by atoms with Gasteiger partial charge in [0.1, 0.15) is 11.0 Å². The van der Waals surface area contributed by atoms with E-state index < -0.39 is 0 Å². The molecule has 174 valence electrons. The van der Waals surface area contributed by atoms with E-state index >= 15 is 0 Å². The number of fused-ring (bicyclic) bond motifs is 1. The first-order chi connectivity index (χ1) is 16.1. The van der Waals surface area contributed by atoms with Gasteiger partial charge in [-0.25, -0.2) is 14.5 Å². The maximum atomic E-state index is 13.0. The molecule has 9 nitrogen and oxygen atoms in total. The Morgan fingerprint density at radius 3 is 2.52 bits per heavy atom. The minimum Gasteiger partial charge on any atom is -0.379 e. The van der Waals surface area contributed by atoms with Crippen LogP contribution < -0.4 is 21.3 Å². The molecule has 2 aliphatic rings. The third-order valence-corrected chi connectivity index (χ3v) is 6.40. The first-order valence-corrected chi connectivity index (χ1v) is 12.0. The van der Waals surface area contributed by atoms with Crippen LogP contribution in [0.2, 0.25) is 5.15 Å². The number of aromatic nitrogens is 4. The zero-order valence-electron chi connectivity index (χ0n) is 18.6. The van der Waals surface area contributed by atoms with Gasteiger partial charge in [0.05, 0.1) is 11.9 Å². The average Bonchev–Trinajstić information content (AvgIpc) is 3.50. The summed E-state index contributed by atoms with van der Waals surface area (Å²) in [6.45, 7) is 3.16. The van der Waals surface area contributed by atoms with Crippen LogP contribution in [-0.2, 0) is 0 Å². The molecule has 0 radical (unpaired) electrons. The second kappa shape index (κ2) is 9.52. The summed E-state index contributed by atoms with van der Waals surface area (Å²) in [5, 5.41) is 18.6. The number of hydrogen-bond acceptors (Lipinski definition) is 7. The Kier molecular flexibility index (Phi) is 6.32. The first-order valence-electron chi connectivity index (χ1n) is 11.7. The number of carbonyl (C=O) groups is 1. The van der Waals surface area contributed by atoms with Gasteiger partial charge in [-0.15, -0.1) is 5.10 Å². The van der Waals surface area contributed by atoms with Crippen molar-refractivity contribution in [2.75, 3.05) is 22.5 Å². The molecule has 3 heterocycles. The minimum absolute atomic E-state index is 0.307. The summed E-state index contributed by atoms with van der Waals surface area (Å²) >= 11 is 5.95. The molecular formula is C23H29ClN8O. The monoisotopic (exact) mass is 468 g/mol. The van der Waals surface area contributed by atoms with Gasteiger partial charge in [0.2, 0.25) is 0 Å². The molecule has 0 atom stereocenters. The highest BCUT2D eigenvalue weighted by Gasteiger charge is 2.25. The van der Waals surface area contributed by atoms with Gasteiger partial charge in [-0.1, -0.05) is 18.5 Å². The summed E-state index contributed by atoms with van der Waals surface area (Å²) in [5.74, 6) is 0.439. The van der Waals surface area contributed by atoms with Gasteiger partial charge in [-0.05, 0) is 57.2 Å². The van der Waals surface area contributed by atoms with E-state index in [9.17, 15) is 4.79 Å². The van der Waals surface area contributed by atoms with Crippen molar-refractivity contribution in [3.63, 3.8) is 0 Å². The molecule has 33 heavy (non-hydrogen) atoms. The Labute approximate surface area is 197 Å². The lowest BCUT2D eigenvalue weighted by Gasteiger charge is -2.30. The van der Waals surface area contributed by atoms with Gasteiger partial charge in [-0.3, -0.25) is 4.79 Å². The van der Waals surface area contributed by atoms with Crippen LogP contribution in [-0.4, -0.2) is 50.2 Å². The molecule has 0 bridgehead atoms. The Balaban J connectivity index is 1.39. The Hall–Kier alpha value is -2.91. The van der Waals surface area contributed by atoms with Gasteiger partial charge >= 0.3 is 0 Å². The number of rotatable bonds is 8. The lowest BCUT2D eigenvalue weighted by molar-refractivity contribution is 0.102. The van der Waals surface area contributed by atoms with Gasteiger partial charge < -0.3 is 21.3 Å². The van der Waals surface area contributed by atoms with Crippen LogP contribution >= 0.6 is 11.6 Å². The molecule has 3 aromatic rings. The van der Waals surface area contributed by atoms with Crippen molar-refractivity contribution in [2.24, 2.45) is 0 Å². The second-order valence-electron chi connectivity index (χ2n) is 8.81. The fourth-order valence-corrected chi connectivity index (χ4v) is 4.54. The lowest BCUT2D eigenvalue weighted by Crippen LogP contribution is -2.37. The van der Waals surface area contributed by atoms with Crippen LogP contribution in [0.3, 0.4) is 0 Å². The van der Waals surface area contributed by atoms with E-state index in [4.69, 9.17) is 16.7 Å². The molecule has 0 unspecified atom stereocenters. The number of imidazole rings is 1. The summed E-state index contributed by atoms with van der Waals surface area (Å²) in [4.78, 5) is 21.5. The molecule has 0 saturated heterocycles. The van der Waals surface area contributed by atoms with Crippen molar-refractivity contribution in [1.29, 1.82) is 0 Å². The Morgan fingerprint density at radius 2 is 1.79 bits per heavy atom. The van der Waals surface area contributed by atoms with E-state index in [0.717, 1.165) is 56.6 Å². The number of amides is 1. The number of nitrogens with zero attached hydrogens (tertiary/aromatic N) is 4. The van der Waals surface area contributed by atoms with E-state index in [1.54, 1.807) is 29.0 Å². The topological polar surface area (TPSA) is 108 Å². The van der Waals surface area contributed by atoms with Crippen molar-refractivity contribution >= 4 is 40.3 Å². The third-order valence-electron chi connectivity index (χ3n) is 6.19. The predicted molar refractivity (Wildman–Crippen MR) is 130 cm³/mol. The molecule has 4 N–H and O–H groups in total. The summed E-state index contributed by atoms with van der Waals surface area (Å²) in [7, 11) is 0. The number of hydrogen-bond donors (Lipinski definition) is 4. The van der Waals surface area contributed by atoms with Crippen LogP contribution in [0.15, 0.2) is 30.6 Å². The molecule has 3 aromatic heterocycles. The van der Waals surface area contributed by atoms with Gasteiger partial charge in [-0.2, -0.15) is 0 Å². The van der Waals surface area contributed by atoms with Crippen molar-refractivity contribution in [2.45, 2.75) is 63.6 Å². The zero-order valence-corrected chi connectivity index (χ0v) is 19.4. The Morgan fingerprint density at radius 1 is 1.06 bits per heavy atom. The molecule has 0 spiro atoms. The zero-order chi connectivity index (χ0) is 22.8. The number of carbonyl (C=O) groups excluding carboxylic acids is 1. The molecule has 5 rings (SSSR count). The van der Waals surface area contributed by atoms with E-state index in [0.29, 0.717) is 40.3 Å². The predicted octanol–water partition coefficient (Wildman–Crippen LogP) is 3.94. The smallest absolute Gasteiger partial charge is 0.276 e. The molecule has 0 aliphatic heterocycles. The second-order valence-corrected chi connectivity index (χ2v) is 9.20. The van der Waals surface area contributed by atoms with Crippen LogP contribution in [0, 0.1) is 0 Å². The molecule has 0 aromatic carbocycles. The normalized spacial score (nSPS) is 20.5. The quantitative estimate of drug-likeness (QED) is 0.371. The average molecular weight is 469 g/mol. The summed E-state index contributed by atoms with van der Waals surface area (Å²) in [6, 6.07) is 6.72. The molecule has 1 amide bonds. The van der Waals surface area contributed by atoms with Crippen molar-refractivity contribution in [3.05, 3.63) is 41.4 Å². The maximum absolute atomic E-state index is 13.0. The number of nitrogens with one attached hydrogen (secondary N) is 4. The lowest BCUT2D eigenvalue weighted by atomic mass is 9.91. The molecule has 2 fully saturated rings. The van der Waals surface area contributed by atoms with Gasteiger partial charge in [0.15, 0.2) is 11.3 Å². The van der Waals surface area contributed by atoms with Crippen molar-refractivity contribution < 1.29 is 4.79 Å². The Bertz CT molecular complexity index is 1140. The standard InChI is InChI=1S/C23H29ClN8O/c1-2-25-14-3-5-16(6-4-14)29-21-12-18(28-15-7-8-15)22-27-13-19(32(22)31-21)23(33)30-17-9-10-26-20(24)11-17/h9-16,25,28H,2-8H2,1H3,(H,29,31)(H,26,30,33)/t14-,16-. The van der Waals surface area contributed by atoms with E-state index in [1.807, 2.05) is 6.07 Å². The SMILES string of the molecule is CCN[C@H]1CC[C@H](Nc2cc(NC3CC3)c3ncc(C(=O)Nc4ccnc(Cl)c4)n3n2)CC1. The first kappa shape index (κ1) is 21.9. The minimum atomic E-state index is -0.307. The fraction of sp³-hybridized carbons (Fsp3) is 0.478. The van der Waals surface area contributed by atoms with Crippen LogP contribution in [0.4, 0.5) is 17.2 Å². The third kappa shape index (κ3) is 5.20. The molecule has 2 aliphatic carbocycles. The summed E-state index contributed by atoms with van der Waals surface area (Å²) in [5.41, 5.74) is 2.46. The molecular weight excluding hydrogens is 440 g/mol. The highest BCUT2D eigenvalue weighted by Crippen LogP contribution is 2.30. The van der Waals surface area contributed by atoms with Crippen LogP contribution in [0.1, 0.15) is 55.9 Å². The maximum Gasteiger partial charge on any atom is 0.276 e. The highest BCUT2D eigenvalue weighted by atomic mass is 35.5. The fourth-order valence-electron chi connectivity index (χ4n) is 4.36. The number of anilines is 3. The largest absolute Gasteiger partial charge is 0.379 e. The summed E-state index contributed by atoms with van der Waals surface area (Å²) in [6.07, 6.45) is 9.86. The molecule has 2 saturated carbocycles. The van der Waals surface area contributed by atoms with Crippen LogP contribution in [0.25, 0.3) is 5.65 Å². The van der Waals surface area contributed by atoms with Gasteiger partial charge in [0, 0.05) is 36.1 Å². The van der Waals surface area contributed by atoms with E-state index in [-0.39, 0.29) is 5.91 Å². The molecule has 10 heteroatoms. The number of halogens is 1. The van der Waals surface area contributed by atoms with E-state index in [1.165, 1.54) is 0 Å².